The van der Waals surface area contributed by atoms with E-state index in [1.807, 2.05) is 33.1 Å². The van der Waals surface area contributed by atoms with Crippen LogP contribution in [0.4, 0.5) is 0 Å². The third kappa shape index (κ3) is 3.35. The minimum absolute atomic E-state index is 0.0266. The molecule has 0 fully saturated rings. The van der Waals surface area contributed by atoms with Crippen molar-refractivity contribution in [2.24, 2.45) is 0 Å². The van der Waals surface area contributed by atoms with Crippen LogP contribution in [0.2, 0.25) is 0 Å². The number of benzene rings is 9. The Morgan fingerprint density at radius 3 is 1.58 bits per heavy atom. The lowest BCUT2D eigenvalue weighted by Gasteiger charge is -2.19. The quantitative estimate of drug-likeness (QED) is 0.131. The molecule has 0 saturated heterocycles. The van der Waals surface area contributed by atoms with Gasteiger partial charge < -0.3 is 0 Å². The summed E-state index contributed by atoms with van der Waals surface area (Å²) in [5.74, 6) is 0. The molecule has 0 atom stereocenters. The van der Waals surface area contributed by atoms with E-state index in [0.29, 0.717) is 5.65 Å². The van der Waals surface area contributed by atoms with Crippen LogP contribution in [-0.2, 0) is 0 Å². The maximum atomic E-state index is 14.7. The van der Waals surface area contributed by atoms with Gasteiger partial charge in [-0.1, -0.05) is 97.1 Å². The van der Waals surface area contributed by atoms with Crippen molar-refractivity contribution in [2.75, 3.05) is 0 Å². The van der Waals surface area contributed by atoms with Crippen LogP contribution >= 0.6 is 22.7 Å². The number of thiophene rings is 2. The summed E-state index contributed by atoms with van der Waals surface area (Å²) in [6.45, 7) is 0. The summed E-state index contributed by atoms with van der Waals surface area (Å²) in [6, 6.07) is 48.4. The fraction of sp³-hybridized carbons (Fsp3) is 0. The molecule has 4 aromatic heterocycles. The van der Waals surface area contributed by atoms with Gasteiger partial charge in [-0.25, -0.2) is 4.98 Å². The lowest BCUT2D eigenvalue weighted by atomic mass is 9.86. The smallest absolute Gasteiger partial charge is 0.264 e. The van der Waals surface area contributed by atoms with Crippen LogP contribution in [0.1, 0.15) is 0 Å². The van der Waals surface area contributed by atoms with Gasteiger partial charge in [0, 0.05) is 53.6 Å². The highest BCUT2D eigenvalue weighted by Gasteiger charge is 2.33. The van der Waals surface area contributed by atoms with E-state index in [1.54, 1.807) is 0 Å². The molecule has 1 aliphatic rings. The predicted molar refractivity (Wildman–Crippen MR) is 235 cm³/mol. The van der Waals surface area contributed by atoms with Gasteiger partial charge in [0.2, 0.25) is 0 Å². The summed E-state index contributed by atoms with van der Waals surface area (Å²) in [7, 11) is 0. The SMILES string of the molecule is O=c1c2ccc3c4ccc5c6c(ccc(c7ccc(c2c37)c2nc3cccc7cccc(c73)n12)c64)-c1c-5c(-c2cccs2)c2ccccc2c1-c1cccs1. The van der Waals surface area contributed by atoms with Crippen LogP contribution in [0.5, 0.6) is 0 Å². The van der Waals surface area contributed by atoms with Crippen LogP contribution < -0.4 is 5.56 Å². The van der Waals surface area contributed by atoms with Crippen molar-refractivity contribution >= 4 is 115 Å². The fourth-order valence-corrected chi connectivity index (χ4v) is 11.9. The molecule has 0 saturated carbocycles. The second-order valence-corrected chi connectivity index (χ2v) is 16.8. The number of hydrogen-bond acceptors (Lipinski definition) is 4. The summed E-state index contributed by atoms with van der Waals surface area (Å²) in [4.78, 5) is 22.5. The molecular formula is C50H24N2OS2. The van der Waals surface area contributed by atoms with E-state index in [4.69, 9.17) is 4.98 Å². The number of pyridine rings is 1. The van der Waals surface area contributed by atoms with E-state index in [1.165, 1.54) is 86.2 Å². The van der Waals surface area contributed by atoms with Gasteiger partial charge in [0.05, 0.1) is 11.0 Å². The van der Waals surface area contributed by atoms with Gasteiger partial charge in [0.25, 0.3) is 5.56 Å². The minimum atomic E-state index is -0.0266. The highest BCUT2D eigenvalue weighted by molar-refractivity contribution is 7.14. The molecule has 0 amide bonds. The van der Waals surface area contributed by atoms with Gasteiger partial charge in [-0.15, -0.1) is 22.7 Å². The third-order valence-electron chi connectivity index (χ3n) is 12.4. The Kier molecular flexibility index (Phi) is 5.18. The predicted octanol–water partition coefficient (Wildman–Crippen LogP) is 13.9. The molecule has 0 bridgehead atoms. The first-order valence-corrected chi connectivity index (χ1v) is 20.3. The topological polar surface area (TPSA) is 34.4 Å². The van der Waals surface area contributed by atoms with Crippen molar-refractivity contribution in [3.63, 3.8) is 0 Å². The molecule has 0 N–H and O–H groups in total. The molecule has 13 aromatic rings. The van der Waals surface area contributed by atoms with Gasteiger partial charge in [0.15, 0.2) is 0 Å². The summed E-state index contributed by atoms with van der Waals surface area (Å²) in [5, 5.41) is 20.3. The van der Waals surface area contributed by atoms with Crippen molar-refractivity contribution in [1.29, 1.82) is 0 Å². The second kappa shape index (κ2) is 9.90. The lowest BCUT2D eigenvalue weighted by Crippen LogP contribution is -2.16. The molecule has 0 spiro atoms. The van der Waals surface area contributed by atoms with Crippen molar-refractivity contribution in [2.45, 2.75) is 0 Å². The normalized spacial score (nSPS) is 12.8. The zero-order valence-corrected chi connectivity index (χ0v) is 30.6. The van der Waals surface area contributed by atoms with Gasteiger partial charge in [-0.05, 0) is 112 Å². The van der Waals surface area contributed by atoms with E-state index >= 15 is 0 Å². The molecule has 9 aromatic carbocycles. The maximum absolute atomic E-state index is 14.7. The second-order valence-electron chi connectivity index (χ2n) is 14.9. The van der Waals surface area contributed by atoms with Crippen LogP contribution in [0.25, 0.3) is 135 Å². The van der Waals surface area contributed by atoms with Crippen molar-refractivity contribution < 1.29 is 0 Å². The van der Waals surface area contributed by atoms with Gasteiger partial charge in [-0.3, -0.25) is 9.20 Å². The first kappa shape index (κ1) is 28.8. The summed E-state index contributed by atoms with van der Waals surface area (Å²) < 4.78 is 1.84. The number of hydrogen-bond donors (Lipinski definition) is 0. The Hall–Kier alpha value is -6.66. The zero-order chi connectivity index (χ0) is 35.7. The van der Waals surface area contributed by atoms with Crippen LogP contribution in [0.3, 0.4) is 0 Å². The molecule has 0 unspecified atom stereocenters. The Morgan fingerprint density at radius 2 is 0.964 bits per heavy atom. The number of aromatic nitrogens is 2. The minimum Gasteiger partial charge on any atom is -0.268 e. The molecule has 252 valence electrons. The molecule has 5 heteroatoms. The monoisotopic (exact) mass is 732 g/mol. The average molecular weight is 733 g/mol. The van der Waals surface area contributed by atoms with Crippen LogP contribution in [0.15, 0.2) is 149 Å². The number of nitrogens with zero attached hydrogens (tertiary/aromatic N) is 2. The molecule has 55 heavy (non-hydrogen) atoms. The highest BCUT2D eigenvalue weighted by atomic mass is 32.1. The van der Waals surface area contributed by atoms with E-state index in [-0.39, 0.29) is 5.56 Å². The Balaban J connectivity index is 1.16. The largest absolute Gasteiger partial charge is 0.268 e. The highest BCUT2D eigenvalue weighted by Crippen LogP contribution is 2.60. The summed E-state index contributed by atoms with van der Waals surface area (Å²) in [5.41, 5.74) is 10.4. The standard InChI is InChI=1S/C50H24N2OS2/c53-50-35-22-18-31-29-16-20-33-43-32(47-45(38-13-5-23-54-38)26-9-1-2-10-27(26)46(48(33)47)39-14-6-24-55-39)19-15-28(41(29)43)30-17-21-34(44(35)42(30)31)49-51-36-11-3-7-25-8-4-12-37(40(25)36)52(49)50/h1-24H. The van der Waals surface area contributed by atoms with Crippen molar-refractivity contribution in [3.05, 3.63) is 155 Å². The average Bonchev–Trinajstić information content (AvgIpc) is 4.02. The van der Waals surface area contributed by atoms with Gasteiger partial charge >= 0.3 is 0 Å². The molecule has 3 nitrogen and oxygen atoms in total. The Morgan fingerprint density at radius 1 is 0.418 bits per heavy atom. The molecule has 0 aliphatic heterocycles. The fourth-order valence-electron chi connectivity index (χ4n) is 10.4. The molecular weight excluding hydrogens is 709 g/mol. The van der Waals surface area contributed by atoms with Crippen molar-refractivity contribution in [3.8, 4) is 43.1 Å². The third-order valence-corrected chi connectivity index (χ3v) is 14.2. The zero-order valence-electron chi connectivity index (χ0n) is 29.0. The molecule has 4 heterocycles. The van der Waals surface area contributed by atoms with Crippen LogP contribution in [0, 0.1) is 0 Å². The number of rotatable bonds is 2. The first-order chi connectivity index (χ1) is 27.2. The Bertz CT molecular complexity index is 3750. The summed E-state index contributed by atoms with van der Waals surface area (Å²) in [6.07, 6.45) is 0. The molecule has 14 rings (SSSR count). The van der Waals surface area contributed by atoms with Gasteiger partial charge in [-0.2, -0.15) is 0 Å². The van der Waals surface area contributed by atoms with E-state index in [2.05, 4.69) is 138 Å². The van der Waals surface area contributed by atoms with Gasteiger partial charge in [0.1, 0.15) is 5.65 Å². The Labute approximate surface area is 320 Å². The lowest BCUT2D eigenvalue weighted by molar-refractivity contribution is 1.15. The van der Waals surface area contributed by atoms with Crippen molar-refractivity contribution in [1.82, 2.24) is 9.38 Å². The van der Waals surface area contributed by atoms with E-state index in [9.17, 15) is 4.79 Å². The maximum Gasteiger partial charge on any atom is 0.264 e. The molecule has 1 aliphatic carbocycles. The first-order valence-electron chi connectivity index (χ1n) is 18.6. The van der Waals surface area contributed by atoms with E-state index < -0.39 is 0 Å². The molecule has 0 radical (unpaired) electrons. The summed E-state index contributed by atoms with van der Waals surface area (Å²) >= 11 is 3.63. The van der Waals surface area contributed by atoms with Crippen LogP contribution in [-0.4, -0.2) is 9.38 Å². The number of fused-ring (bicyclic) bond motifs is 9. The van der Waals surface area contributed by atoms with E-state index in [0.717, 1.165) is 43.4 Å².